The second kappa shape index (κ2) is 8.51. The number of nitrogens with zero attached hydrogens (tertiary/aromatic N) is 2. The zero-order valence-corrected chi connectivity index (χ0v) is 16.8. The Kier molecular flexibility index (Phi) is 5.63. The molecule has 0 saturated carbocycles. The van der Waals surface area contributed by atoms with Crippen LogP contribution in [-0.4, -0.2) is 33.2 Å². The normalized spacial score (nSPS) is 18.0. The molecule has 1 N–H and O–H groups in total. The molecule has 1 unspecified atom stereocenters. The molecule has 0 aliphatic carbocycles. The third-order valence-corrected chi connectivity index (χ3v) is 5.39. The van der Waals surface area contributed by atoms with Gasteiger partial charge in [0.1, 0.15) is 5.76 Å². The van der Waals surface area contributed by atoms with E-state index in [1.165, 1.54) is 4.90 Å². The van der Waals surface area contributed by atoms with E-state index in [9.17, 15) is 14.7 Å². The monoisotopic (exact) mass is 418 g/mol. The van der Waals surface area contributed by atoms with Gasteiger partial charge in [0.15, 0.2) is 0 Å². The lowest BCUT2D eigenvalue weighted by molar-refractivity contribution is -0.139. The molecule has 3 aromatic rings. The van der Waals surface area contributed by atoms with E-state index < -0.39 is 17.7 Å². The number of amides is 1. The Hall–Kier alpha value is -3.44. The highest BCUT2D eigenvalue weighted by Crippen LogP contribution is 2.39. The molecule has 0 bridgehead atoms. The number of rotatable bonds is 5. The van der Waals surface area contributed by atoms with Crippen molar-refractivity contribution in [1.82, 2.24) is 9.88 Å². The van der Waals surface area contributed by atoms with E-state index in [1.807, 2.05) is 30.3 Å². The third-order valence-electron chi connectivity index (χ3n) is 5.14. The summed E-state index contributed by atoms with van der Waals surface area (Å²) in [5.41, 5.74) is 2.21. The fraction of sp³-hybridized carbons (Fsp3) is 0.125. The van der Waals surface area contributed by atoms with Crippen molar-refractivity contribution in [1.29, 1.82) is 0 Å². The number of carbonyl (C=O) groups excluding carboxylic acids is 2. The number of benzene rings is 2. The van der Waals surface area contributed by atoms with Crippen molar-refractivity contribution >= 4 is 29.1 Å². The molecule has 2 aromatic carbocycles. The lowest BCUT2D eigenvalue weighted by Gasteiger charge is -2.25. The highest BCUT2D eigenvalue weighted by molar-refractivity contribution is 6.46. The SMILES string of the molecule is O=C1C(=O)N(CCc2ccccc2)C(c2cccnc2)C1=C(O)c1ccc(Cl)cc1. The average Bonchev–Trinajstić information content (AvgIpc) is 3.04. The molecule has 1 aliphatic rings. The van der Waals surface area contributed by atoms with Crippen LogP contribution in [0.25, 0.3) is 5.76 Å². The molecule has 4 rings (SSSR count). The molecule has 5 nitrogen and oxygen atoms in total. The number of Topliss-reactive ketones (excluding diaryl/α,β-unsaturated/α-hetero) is 1. The number of ketones is 1. The summed E-state index contributed by atoms with van der Waals surface area (Å²) in [5, 5.41) is 11.5. The standard InChI is InChI=1S/C24H19ClN2O3/c25-19-10-8-17(9-11-19)22(28)20-21(18-7-4-13-26-15-18)27(24(30)23(20)29)14-12-16-5-2-1-3-6-16/h1-11,13,15,21,28H,12,14H2. The van der Waals surface area contributed by atoms with Crippen LogP contribution in [0.1, 0.15) is 22.7 Å². The number of aromatic nitrogens is 1. The molecule has 0 spiro atoms. The van der Waals surface area contributed by atoms with Crippen molar-refractivity contribution in [2.45, 2.75) is 12.5 Å². The van der Waals surface area contributed by atoms with Crippen LogP contribution in [0.3, 0.4) is 0 Å². The molecule has 1 fully saturated rings. The summed E-state index contributed by atoms with van der Waals surface area (Å²) in [6.45, 7) is 0.339. The molecule has 6 heteroatoms. The number of aliphatic hydroxyl groups excluding tert-OH is 1. The second-order valence-electron chi connectivity index (χ2n) is 7.02. The van der Waals surface area contributed by atoms with Gasteiger partial charge in [0.2, 0.25) is 0 Å². The number of pyridine rings is 1. The van der Waals surface area contributed by atoms with E-state index in [0.29, 0.717) is 29.1 Å². The molecule has 150 valence electrons. The Balaban J connectivity index is 1.76. The van der Waals surface area contributed by atoms with Crippen LogP contribution in [0.4, 0.5) is 0 Å². The summed E-state index contributed by atoms with van der Waals surface area (Å²) in [7, 11) is 0. The van der Waals surface area contributed by atoms with Gasteiger partial charge in [0.05, 0.1) is 11.6 Å². The van der Waals surface area contributed by atoms with Gasteiger partial charge in [-0.05, 0) is 47.9 Å². The molecule has 2 heterocycles. The van der Waals surface area contributed by atoms with Crippen molar-refractivity contribution in [2.24, 2.45) is 0 Å². The van der Waals surface area contributed by atoms with Gasteiger partial charge in [-0.25, -0.2) is 0 Å². The van der Waals surface area contributed by atoms with Crippen LogP contribution < -0.4 is 0 Å². The fourth-order valence-corrected chi connectivity index (χ4v) is 3.78. The zero-order valence-electron chi connectivity index (χ0n) is 16.0. The molecule has 1 atom stereocenters. The van der Waals surface area contributed by atoms with Crippen LogP contribution in [0, 0.1) is 0 Å². The minimum atomic E-state index is -0.710. The van der Waals surface area contributed by atoms with E-state index >= 15 is 0 Å². The van der Waals surface area contributed by atoms with Gasteiger partial charge in [0.25, 0.3) is 11.7 Å². The third kappa shape index (κ3) is 3.84. The van der Waals surface area contributed by atoms with Gasteiger partial charge >= 0.3 is 0 Å². The van der Waals surface area contributed by atoms with Crippen molar-refractivity contribution in [3.05, 3.63) is 106 Å². The topological polar surface area (TPSA) is 70.5 Å². The lowest BCUT2D eigenvalue weighted by atomic mass is 9.96. The number of carbonyl (C=O) groups is 2. The van der Waals surface area contributed by atoms with E-state index in [4.69, 9.17) is 11.6 Å². The smallest absolute Gasteiger partial charge is 0.295 e. The number of halogens is 1. The first kappa shape index (κ1) is 19.9. The summed E-state index contributed by atoms with van der Waals surface area (Å²) in [6, 6.07) is 19.1. The van der Waals surface area contributed by atoms with Gasteiger partial charge in [0, 0.05) is 29.5 Å². The van der Waals surface area contributed by atoms with Gasteiger partial charge in [-0.2, -0.15) is 0 Å². The van der Waals surface area contributed by atoms with Crippen molar-refractivity contribution < 1.29 is 14.7 Å². The van der Waals surface area contributed by atoms with Crippen LogP contribution >= 0.6 is 11.6 Å². The summed E-state index contributed by atoms with van der Waals surface area (Å²) in [5.74, 6) is -1.55. The number of hydrogen-bond donors (Lipinski definition) is 1. The van der Waals surface area contributed by atoms with Crippen molar-refractivity contribution in [3.8, 4) is 0 Å². The maximum Gasteiger partial charge on any atom is 0.295 e. The van der Waals surface area contributed by atoms with Crippen LogP contribution in [-0.2, 0) is 16.0 Å². The first-order chi connectivity index (χ1) is 14.6. The molecule has 1 saturated heterocycles. The predicted octanol–water partition coefficient (Wildman–Crippen LogP) is 4.40. The van der Waals surface area contributed by atoms with Crippen molar-refractivity contribution in [2.75, 3.05) is 6.54 Å². The number of hydrogen-bond acceptors (Lipinski definition) is 4. The maximum atomic E-state index is 12.9. The summed E-state index contributed by atoms with van der Waals surface area (Å²) in [4.78, 5) is 31.5. The minimum absolute atomic E-state index is 0.0587. The fourth-order valence-electron chi connectivity index (χ4n) is 3.65. The number of aliphatic hydroxyl groups is 1. The zero-order chi connectivity index (χ0) is 21.1. The van der Waals surface area contributed by atoms with Gasteiger partial charge in [-0.15, -0.1) is 0 Å². The Bertz CT molecular complexity index is 1100. The second-order valence-corrected chi connectivity index (χ2v) is 7.46. The molecule has 1 aliphatic heterocycles. The molecule has 1 amide bonds. The maximum absolute atomic E-state index is 12.9. The highest BCUT2D eigenvalue weighted by Gasteiger charge is 2.45. The van der Waals surface area contributed by atoms with Gasteiger partial charge < -0.3 is 10.0 Å². The highest BCUT2D eigenvalue weighted by atomic mass is 35.5. The van der Waals surface area contributed by atoms with Gasteiger partial charge in [-0.1, -0.05) is 48.0 Å². The Morgan fingerprint density at radius 3 is 2.40 bits per heavy atom. The van der Waals surface area contributed by atoms with E-state index in [0.717, 1.165) is 5.56 Å². The first-order valence-corrected chi connectivity index (χ1v) is 9.92. The Morgan fingerprint density at radius 1 is 1.00 bits per heavy atom. The Morgan fingerprint density at radius 2 is 1.73 bits per heavy atom. The lowest BCUT2D eigenvalue weighted by Crippen LogP contribution is -2.31. The van der Waals surface area contributed by atoms with E-state index in [-0.39, 0.29) is 11.3 Å². The molecule has 0 radical (unpaired) electrons. The average molecular weight is 419 g/mol. The Labute approximate surface area is 179 Å². The summed E-state index contributed by atoms with van der Waals surface area (Å²) in [6.07, 6.45) is 3.83. The van der Waals surface area contributed by atoms with Crippen LogP contribution in [0.2, 0.25) is 5.02 Å². The number of likely N-dealkylation sites (tertiary alicyclic amines) is 1. The largest absolute Gasteiger partial charge is 0.507 e. The van der Waals surface area contributed by atoms with Gasteiger partial charge in [-0.3, -0.25) is 14.6 Å². The quantitative estimate of drug-likeness (QED) is 0.379. The minimum Gasteiger partial charge on any atom is -0.507 e. The van der Waals surface area contributed by atoms with E-state index in [2.05, 4.69) is 4.98 Å². The van der Waals surface area contributed by atoms with Crippen LogP contribution in [0.5, 0.6) is 0 Å². The molecule has 30 heavy (non-hydrogen) atoms. The first-order valence-electron chi connectivity index (χ1n) is 9.54. The molecular weight excluding hydrogens is 400 g/mol. The van der Waals surface area contributed by atoms with Crippen LogP contribution in [0.15, 0.2) is 84.7 Å². The predicted molar refractivity (Wildman–Crippen MR) is 115 cm³/mol. The van der Waals surface area contributed by atoms with E-state index in [1.54, 1.807) is 48.8 Å². The summed E-state index contributed by atoms with van der Waals surface area (Å²) < 4.78 is 0. The summed E-state index contributed by atoms with van der Waals surface area (Å²) >= 11 is 5.94. The molecule has 1 aromatic heterocycles. The van der Waals surface area contributed by atoms with Crippen molar-refractivity contribution in [3.63, 3.8) is 0 Å². The molecular formula is C24H19ClN2O3.